The Balaban J connectivity index is 0.00000280. The van der Waals surface area contributed by atoms with Gasteiger partial charge in [0.1, 0.15) is 16.8 Å². The molecule has 1 heterocycles. The van der Waals surface area contributed by atoms with Gasteiger partial charge in [-0.1, -0.05) is 42.5 Å². The normalized spacial score (nSPS) is 17.8. The first-order valence-electron chi connectivity index (χ1n) is 8.72. The van der Waals surface area contributed by atoms with E-state index in [9.17, 15) is 17.6 Å². The van der Waals surface area contributed by atoms with Crippen LogP contribution in [0.25, 0.3) is 0 Å². The van der Waals surface area contributed by atoms with E-state index in [2.05, 4.69) is 4.72 Å². The molecule has 0 saturated carbocycles. The van der Waals surface area contributed by atoms with Crippen molar-refractivity contribution in [2.75, 3.05) is 13.1 Å². The van der Waals surface area contributed by atoms with Crippen molar-refractivity contribution in [2.24, 2.45) is 5.73 Å². The molecule has 0 aromatic heterocycles. The molecule has 9 heteroatoms. The first-order valence-corrected chi connectivity index (χ1v) is 10.2. The van der Waals surface area contributed by atoms with Gasteiger partial charge >= 0.3 is 0 Å². The highest BCUT2D eigenvalue weighted by Crippen LogP contribution is 2.17. The van der Waals surface area contributed by atoms with Crippen LogP contribution in [0, 0.1) is 5.82 Å². The van der Waals surface area contributed by atoms with Gasteiger partial charge in [0.25, 0.3) is 0 Å². The van der Waals surface area contributed by atoms with Crippen LogP contribution in [0.5, 0.6) is 0 Å². The van der Waals surface area contributed by atoms with Crippen LogP contribution in [0.15, 0.2) is 59.5 Å². The molecule has 3 N–H and O–H groups in total. The lowest BCUT2D eigenvalue weighted by atomic mass is 10.1. The molecule has 1 unspecified atom stereocenters. The molecule has 1 fully saturated rings. The monoisotopic (exact) mass is 427 g/mol. The second-order valence-electron chi connectivity index (χ2n) is 6.63. The van der Waals surface area contributed by atoms with Crippen molar-refractivity contribution in [3.8, 4) is 0 Å². The summed E-state index contributed by atoms with van der Waals surface area (Å²) in [7, 11) is -4.20. The Bertz CT molecular complexity index is 912. The van der Waals surface area contributed by atoms with Crippen LogP contribution in [0.4, 0.5) is 4.39 Å². The van der Waals surface area contributed by atoms with E-state index in [4.69, 9.17) is 5.73 Å². The number of carbonyl (C=O) groups is 1. The molecule has 2 atom stereocenters. The maximum absolute atomic E-state index is 14.0. The van der Waals surface area contributed by atoms with E-state index < -0.39 is 26.8 Å². The van der Waals surface area contributed by atoms with Crippen LogP contribution < -0.4 is 10.5 Å². The van der Waals surface area contributed by atoms with E-state index in [0.717, 1.165) is 11.6 Å². The number of amides is 1. The Morgan fingerprint density at radius 1 is 1.18 bits per heavy atom. The van der Waals surface area contributed by atoms with Gasteiger partial charge in [0.2, 0.25) is 15.9 Å². The van der Waals surface area contributed by atoms with Gasteiger partial charge in [-0.2, -0.15) is 4.72 Å². The summed E-state index contributed by atoms with van der Waals surface area (Å²) in [6, 6.07) is 13.0. The van der Waals surface area contributed by atoms with Gasteiger partial charge in [0, 0.05) is 19.1 Å². The molecule has 152 valence electrons. The molecule has 1 amide bonds. The molecular formula is C19H23ClFN3O3S. The molecule has 28 heavy (non-hydrogen) atoms. The van der Waals surface area contributed by atoms with Crippen molar-refractivity contribution in [3.63, 3.8) is 0 Å². The first-order chi connectivity index (χ1) is 12.9. The van der Waals surface area contributed by atoms with Crippen LogP contribution in [0.3, 0.4) is 0 Å². The highest BCUT2D eigenvalue weighted by molar-refractivity contribution is 7.89. The van der Waals surface area contributed by atoms with E-state index >= 15 is 0 Å². The van der Waals surface area contributed by atoms with Crippen LogP contribution in [0.2, 0.25) is 0 Å². The number of halogens is 2. The number of hydrogen-bond acceptors (Lipinski definition) is 4. The first kappa shape index (κ1) is 22.3. The fraction of sp³-hybridized carbons (Fsp3) is 0.316. The fourth-order valence-electron chi connectivity index (χ4n) is 3.15. The van der Waals surface area contributed by atoms with Crippen molar-refractivity contribution in [2.45, 2.75) is 29.8 Å². The van der Waals surface area contributed by atoms with Crippen molar-refractivity contribution in [1.82, 2.24) is 9.62 Å². The Morgan fingerprint density at radius 2 is 1.82 bits per heavy atom. The predicted molar refractivity (Wildman–Crippen MR) is 107 cm³/mol. The summed E-state index contributed by atoms with van der Waals surface area (Å²) in [4.78, 5) is 14.0. The number of nitrogens with two attached hydrogens (primary N) is 1. The smallest absolute Gasteiger partial charge is 0.244 e. The molecule has 0 bridgehead atoms. The Hall–Kier alpha value is -2.00. The van der Waals surface area contributed by atoms with Crippen molar-refractivity contribution < 1.29 is 17.6 Å². The van der Waals surface area contributed by atoms with Gasteiger partial charge in [-0.25, -0.2) is 12.8 Å². The third-order valence-corrected chi connectivity index (χ3v) is 6.05. The summed E-state index contributed by atoms with van der Waals surface area (Å²) in [6.45, 7) is 0.859. The van der Waals surface area contributed by atoms with E-state index in [1.807, 2.05) is 30.3 Å². The molecular weight excluding hydrogens is 405 g/mol. The molecule has 0 spiro atoms. The molecule has 2 aromatic carbocycles. The third kappa shape index (κ3) is 5.29. The van der Waals surface area contributed by atoms with E-state index in [0.29, 0.717) is 19.5 Å². The number of nitrogens with one attached hydrogen (secondary N) is 1. The van der Waals surface area contributed by atoms with Gasteiger partial charge in [-0.05, 0) is 30.5 Å². The topological polar surface area (TPSA) is 92.5 Å². The molecule has 1 saturated heterocycles. The van der Waals surface area contributed by atoms with Crippen LogP contribution in [-0.2, 0) is 21.2 Å². The largest absolute Gasteiger partial charge is 0.340 e. The van der Waals surface area contributed by atoms with Crippen molar-refractivity contribution >= 4 is 28.3 Å². The van der Waals surface area contributed by atoms with Crippen molar-refractivity contribution in [3.05, 3.63) is 66.0 Å². The molecule has 6 nitrogen and oxygen atoms in total. The summed E-state index contributed by atoms with van der Waals surface area (Å²) < 4.78 is 41.8. The number of carbonyl (C=O) groups excluding carboxylic acids is 1. The van der Waals surface area contributed by atoms with Crippen LogP contribution in [-0.4, -0.2) is 44.4 Å². The summed E-state index contributed by atoms with van der Waals surface area (Å²) in [5.41, 5.74) is 6.67. The lowest BCUT2D eigenvalue weighted by Crippen LogP contribution is -2.49. The summed E-state index contributed by atoms with van der Waals surface area (Å²) in [6.07, 6.45) is 0.836. The number of nitrogens with zero attached hydrogens (tertiary/aromatic N) is 1. The Morgan fingerprint density at radius 3 is 2.43 bits per heavy atom. The highest BCUT2D eigenvalue weighted by Gasteiger charge is 2.33. The molecule has 3 rings (SSSR count). The number of hydrogen-bond donors (Lipinski definition) is 2. The average Bonchev–Trinajstić information content (AvgIpc) is 3.08. The Labute approximate surface area is 170 Å². The zero-order valence-corrected chi connectivity index (χ0v) is 16.8. The van der Waals surface area contributed by atoms with Crippen LogP contribution in [0.1, 0.15) is 12.0 Å². The molecule has 1 aliphatic heterocycles. The standard InChI is InChI=1S/C19H22FN3O3S.ClH/c20-16-8-4-5-9-18(16)27(25,26)22-17(12-14-6-2-1-3-7-14)19(24)23-11-10-15(21)13-23;/h1-9,15,17,22H,10-13,21H2;1H/t15-,17?;/m1./s1. The van der Waals surface area contributed by atoms with Gasteiger partial charge in [-0.15, -0.1) is 12.4 Å². The maximum Gasteiger partial charge on any atom is 0.244 e. The second kappa shape index (κ2) is 9.47. The van der Waals surface area contributed by atoms with Gasteiger partial charge in [0.05, 0.1) is 0 Å². The molecule has 2 aromatic rings. The number of sulfonamides is 1. The minimum absolute atomic E-state index is 0. The predicted octanol–water partition coefficient (Wildman–Crippen LogP) is 1.70. The minimum atomic E-state index is -4.20. The zero-order valence-electron chi connectivity index (χ0n) is 15.1. The zero-order chi connectivity index (χ0) is 19.4. The molecule has 1 aliphatic rings. The fourth-order valence-corrected chi connectivity index (χ4v) is 4.42. The maximum atomic E-state index is 14.0. The van der Waals surface area contributed by atoms with Gasteiger partial charge in [0.15, 0.2) is 0 Å². The number of rotatable bonds is 6. The summed E-state index contributed by atoms with van der Waals surface area (Å²) in [5, 5.41) is 0. The quantitative estimate of drug-likeness (QED) is 0.733. The van der Waals surface area contributed by atoms with Crippen molar-refractivity contribution in [1.29, 1.82) is 0 Å². The Kier molecular flexibility index (Phi) is 7.54. The minimum Gasteiger partial charge on any atom is -0.340 e. The van der Waals surface area contributed by atoms with Gasteiger partial charge < -0.3 is 10.6 Å². The van der Waals surface area contributed by atoms with E-state index in [-0.39, 0.29) is 30.8 Å². The lowest BCUT2D eigenvalue weighted by molar-refractivity contribution is -0.131. The molecule has 0 radical (unpaired) electrons. The lowest BCUT2D eigenvalue weighted by Gasteiger charge is -2.24. The summed E-state index contributed by atoms with van der Waals surface area (Å²) in [5.74, 6) is -1.22. The third-order valence-electron chi connectivity index (χ3n) is 4.54. The van der Waals surface area contributed by atoms with E-state index in [1.165, 1.54) is 18.2 Å². The average molecular weight is 428 g/mol. The van der Waals surface area contributed by atoms with Gasteiger partial charge in [-0.3, -0.25) is 4.79 Å². The SMILES string of the molecule is Cl.N[C@@H]1CCN(C(=O)C(Cc2ccccc2)NS(=O)(=O)c2ccccc2F)C1. The van der Waals surface area contributed by atoms with Crippen LogP contribution >= 0.6 is 12.4 Å². The van der Waals surface area contributed by atoms with E-state index in [1.54, 1.807) is 4.90 Å². The summed E-state index contributed by atoms with van der Waals surface area (Å²) >= 11 is 0. The highest BCUT2D eigenvalue weighted by atomic mass is 35.5. The second-order valence-corrected chi connectivity index (χ2v) is 8.31. The number of likely N-dealkylation sites (tertiary alicyclic amines) is 1. The molecule has 0 aliphatic carbocycles. The number of benzene rings is 2.